The molecule has 0 fully saturated rings. The van der Waals surface area contributed by atoms with Crippen molar-refractivity contribution in [2.75, 3.05) is 26.2 Å². The van der Waals surface area contributed by atoms with Crippen LogP contribution in [-0.2, 0) is 0 Å². The van der Waals surface area contributed by atoms with E-state index >= 15 is 0 Å². The molecular formula is C16H25N3S. The molecule has 0 aliphatic heterocycles. The molecule has 0 unspecified atom stereocenters. The second kappa shape index (κ2) is 8.69. The number of benzene rings is 1. The van der Waals surface area contributed by atoms with Crippen molar-refractivity contribution in [1.82, 2.24) is 9.80 Å². The summed E-state index contributed by atoms with van der Waals surface area (Å²) in [5.41, 5.74) is 1.12. The van der Waals surface area contributed by atoms with Crippen LogP contribution in [0.2, 0.25) is 0 Å². The van der Waals surface area contributed by atoms with E-state index in [1.54, 1.807) is 0 Å². The van der Waals surface area contributed by atoms with E-state index in [-0.39, 0.29) is 0 Å². The van der Waals surface area contributed by atoms with Crippen LogP contribution in [0.5, 0.6) is 0 Å². The molecule has 0 aliphatic rings. The van der Waals surface area contributed by atoms with Crippen LogP contribution in [0.1, 0.15) is 33.3 Å². The molecule has 0 saturated heterocycles. The smallest absolute Gasteiger partial charge is 0.197 e. The van der Waals surface area contributed by atoms with Crippen LogP contribution >= 0.6 is 12.2 Å². The number of aliphatic imine (C=N–C) groups is 1. The third-order valence-corrected chi connectivity index (χ3v) is 3.68. The lowest BCUT2D eigenvalue weighted by Crippen LogP contribution is -2.35. The van der Waals surface area contributed by atoms with Gasteiger partial charge in [-0.3, -0.25) is 0 Å². The lowest BCUT2D eigenvalue weighted by Gasteiger charge is -2.25. The Labute approximate surface area is 128 Å². The molecule has 1 rings (SSSR count). The van der Waals surface area contributed by atoms with Gasteiger partial charge in [0.25, 0.3) is 0 Å². The van der Waals surface area contributed by atoms with Crippen molar-refractivity contribution in [3.8, 4) is 0 Å². The number of rotatable bonds is 5. The summed E-state index contributed by atoms with van der Waals surface area (Å²) in [5, 5.41) is 0.667. The number of hydrogen-bond acceptors (Lipinski definition) is 1. The summed E-state index contributed by atoms with van der Waals surface area (Å²) in [4.78, 5) is 9.07. The van der Waals surface area contributed by atoms with Crippen molar-refractivity contribution in [3.05, 3.63) is 35.9 Å². The molecule has 0 aliphatic carbocycles. The Bertz CT molecular complexity index is 434. The van der Waals surface area contributed by atoms with E-state index in [4.69, 9.17) is 17.2 Å². The van der Waals surface area contributed by atoms with Gasteiger partial charge in [0.15, 0.2) is 5.11 Å². The molecule has 0 bridgehead atoms. The molecule has 0 heterocycles. The Balaban J connectivity index is 3.14. The van der Waals surface area contributed by atoms with Gasteiger partial charge in [-0.15, -0.1) is 0 Å². The van der Waals surface area contributed by atoms with Crippen LogP contribution in [0, 0.1) is 0 Å². The van der Waals surface area contributed by atoms with Gasteiger partial charge in [-0.1, -0.05) is 30.3 Å². The third kappa shape index (κ3) is 4.30. The van der Waals surface area contributed by atoms with Gasteiger partial charge in [-0.05, 0) is 39.9 Å². The zero-order valence-corrected chi connectivity index (χ0v) is 13.8. The molecule has 4 heteroatoms. The molecule has 0 aromatic heterocycles. The fraction of sp³-hybridized carbons (Fsp3) is 0.500. The minimum Gasteiger partial charge on any atom is -0.357 e. The fourth-order valence-electron chi connectivity index (χ4n) is 2.08. The lowest BCUT2D eigenvalue weighted by molar-refractivity contribution is 0.456. The molecule has 20 heavy (non-hydrogen) atoms. The highest BCUT2D eigenvalue weighted by atomic mass is 32.1. The highest BCUT2D eigenvalue weighted by Crippen LogP contribution is 2.08. The minimum absolute atomic E-state index is 0.667. The molecule has 0 radical (unpaired) electrons. The van der Waals surface area contributed by atoms with E-state index < -0.39 is 0 Å². The van der Waals surface area contributed by atoms with Crippen LogP contribution in [0.4, 0.5) is 0 Å². The lowest BCUT2D eigenvalue weighted by atomic mass is 10.2. The zero-order valence-electron chi connectivity index (χ0n) is 13.0. The molecule has 0 saturated carbocycles. The predicted molar refractivity (Wildman–Crippen MR) is 91.4 cm³/mol. The summed E-state index contributed by atoms with van der Waals surface area (Å²) >= 11 is 5.48. The fourth-order valence-corrected chi connectivity index (χ4v) is 2.43. The topological polar surface area (TPSA) is 18.8 Å². The van der Waals surface area contributed by atoms with Gasteiger partial charge >= 0.3 is 0 Å². The zero-order chi connectivity index (χ0) is 15.0. The Kier molecular flexibility index (Phi) is 7.23. The first kappa shape index (κ1) is 16.6. The largest absolute Gasteiger partial charge is 0.357 e. The van der Waals surface area contributed by atoms with Crippen molar-refractivity contribution < 1.29 is 0 Å². The van der Waals surface area contributed by atoms with Crippen molar-refractivity contribution >= 4 is 23.2 Å². The maximum atomic E-state index is 5.48. The molecule has 0 amide bonds. The van der Waals surface area contributed by atoms with E-state index in [2.05, 4.69) is 49.6 Å². The Morgan fingerprint density at radius 3 is 1.85 bits per heavy atom. The number of hydrogen-bond donors (Lipinski definition) is 0. The van der Waals surface area contributed by atoms with Crippen LogP contribution in [0.3, 0.4) is 0 Å². The summed E-state index contributed by atoms with van der Waals surface area (Å²) in [5.74, 6) is 0.965. The van der Waals surface area contributed by atoms with Gasteiger partial charge in [0.2, 0.25) is 0 Å². The van der Waals surface area contributed by atoms with Gasteiger partial charge in [0.1, 0.15) is 5.84 Å². The Hall–Kier alpha value is -1.42. The first-order valence-electron chi connectivity index (χ1n) is 7.35. The molecule has 1 aromatic rings. The first-order chi connectivity index (χ1) is 9.67. The summed E-state index contributed by atoms with van der Waals surface area (Å²) < 4.78 is 0. The monoisotopic (exact) mass is 291 g/mol. The normalized spacial score (nSPS) is 11.3. The average molecular weight is 291 g/mol. The summed E-state index contributed by atoms with van der Waals surface area (Å²) in [6.07, 6.45) is 0. The second-order valence-corrected chi connectivity index (χ2v) is 4.79. The van der Waals surface area contributed by atoms with Crippen molar-refractivity contribution in [2.24, 2.45) is 4.99 Å². The molecule has 110 valence electrons. The minimum atomic E-state index is 0.667. The summed E-state index contributed by atoms with van der Waals surface area (Å²) in [7, 11) is 0. The predicted octanol–water partition coefficient (Wildman–Crippen LogP) is 3.40. The molecule has 0 spiro atoms. The van der Waals surface area contributed by atoms with Gasteiger partial charge in [0, 0.05) is 31.7 Å². The Morgan fingerprint density at radius 1 is 0.900 bits per heavy atom. The van der Waals surface area contributed by atoms with Crippen LogP contribution < -0.4 is 0 Å². The number of amidine groups is 1. The Morgan fingerprint density at radius 2 is 1.40 bits per heavy atom. The van der Waals surface area contributed by atoms with Gasteiger partial charge in [0.05, 0.1) is 0 Å². The van der Waals surface area contributed by atoms with E-state index in [0.29, 0.717) is 5.11 Å². The molecule has 3 nitrogen and oxygen atoms in total. The quantitative estimate of drug-likeness (QED) is 0.471. The molecule has 0 N–H and O–H groups in total. The highest BCUT2D eigenvalue weighted by Gasteiger charge is 2.13. The maximum absolute atomic E-state index is 5.48. The third-order valence-electron chi connectivity index (χ3n) is 3.33. The molecule has 1 aromatic carbocycles. The van der Waals surface area contributed by atoms with Crippen LogP contribution in [0.25, 0.3) is 0 Å². The van der Waals surface area contributed by atoms with Crippen LogP contribution in [-0.4, -0.2) is 46.9 Å². The van der Waals surface area contributed by atoms with Crippen molar-refractivity contribution in [2.45, 2.75) is 27.7 Å². The van der Waals surface area contributed by atoms with Crippen molar-refractivity contribution in [3.63, 3.8) is 0 Å². The second-order valence-electron chi connectivity index (χ2n) is 4.43. The van der Waals surface area contributed by atoms with Gasteiger partial charge in [-0.2, -0.15) is 0 Å². The highest BCUT2D eigenvalue weighted by molar-refractivity contribution is 7.80. The maximum Gasteiger partial charge on any atom is 0.197 e. The standard InChI is InChI=1S/C16H25N3S/c1-5-18(6-2)15(14-12-10-9-11-13-14)17-16(20)19(7-3)8-4/h9-13H,5-8H2,1-4H3/b17-15+. The number of thiocarbonyl (C=S) groups is 1. The van der Waals surface area contributed by atoms with E-state index in [1.807, 2.05) is 18.2 Å². The molecule has 0 atom stereocenters. The first-order valence-corrected chi connectivity index (χ1v) is 7.76. The summed E-state index contributed by atoms with van der Waals surface area (Å²) in [6, 6.07) is 10.3. The van der Waals surface area contributed by atoms with Crippen LogP contribution in [0.15, 0.2) is 35.3 Å². The van der Waals surface area contributed by atoms with E-state index in [1.165, 1.54) is 0 Å². The SMILES string of the molecule is CCN(CC)C(=S)/N=C(\c1ccccc1)N(CC)CC. The van der Waals surface area contributed by atoms with Gasteiger partial charge in [-0.25, -0.2) is 4.99 Å². The summed E-state index contributed by atoms with van der Waals surface area (Å²) in [6.45, 7) is 12.1. The van der Waals surface area contributed by atoms with Gasteiger partial charge < -0.3 is 9.80 Å². The van der Waals surface area contributed by atoms with E-state index in [0.717, 1.165) is 37.6 Å². The number of nitrogens with zero attached hydrogens (tertiary/aromatic N) is 3. The average Bonchev–Trinajstić information content (AvgIpc) is 2.49. The molecular weight excluding hydrogens is 266 g/mol. The van der Waals surface area contributed by atoms with E-state index in [9.17, 15) is 0 Å². The van der Waals surface area contributed by atoms with Crippen molar-refractivity contribution in [1.29, 1.82) is 0 Å².